The molecule has 22 heavy (non-hydrogen) atoms. The molecule has 0 aromatic carbocycles. The summed E-state index contributed by atoms with van der Waals surface area (Å²) in [5.74, 6) is 1.43. The van der Waals surface area contributed by atoms with Crippen molar-refractivity contribution in [2.24, 2.45) is 5.92 Å². The van der Waals surface area contributed by atoms with Gasteiger partial charge in [0, 0.05) is 45.3 Å². The van der Waals surface area contributed by atoms with Crippen LogP contribution >= 0.6 is 0 Å². The van der Waals surface area contributed by atoms with Gasteiger partial charge in [-0.2, -0.15) is 5.10 Å². The summed E-state index contributed by atoms with van der Waals surface area (Å²) in [6.07, 6.45) is 10.8. The molecule has 0 saturated carbocycles. The minimum Gasteiger partial charge on any atom is -0.355 e. The van der Waals surface area contributed by atoms with E-state index in [1.54, 1.807) is 25.6 Å². The predicted molar refractivity (Wildman–Crippen MR) is 82.6 cm³/mol. The van der Waals surface area contributed by atoms with E-state index in [-0.39, 0.29) is 5.91 Å². The van der Waals surface area contributed by atoms with E-state index in [1.165, 1.54) is 0 Å². The Hall–Kier alpha value is -2.44. The van der Waals surface area contributed by atoms with Crippen LogP contribution in [-0.4, -0.2) is 45.8 Å². The van der Waals surface area contributed by atoms with Gasteiger partial charge in [-0.15, -0.1) is 0 Å². The monoisotopic (exact) mass is 300 g/mol. The SMILES string of the molecule is CNC(=O)c1cnn(CC2CCN(c3cnccn3)CC2)c1. The molecular weight excluding hydrogens is 280 g/mol. The first-order valence-corrected chi connectivity index (χ1v) is 7.52. The first kappa shape index (κ1) is 14.5. The molecule has 0 bridgehead atoms. The third-order valence-corrected chi connectivity index (χ3v) is 4.06. The molecule has 1 amide bonds. The molecule has 116 valence electrons. The van der Waals surface area contributed by atoms with Gasteiger partial charge in [0.1, 0.15) is 5.82 Å². The maximum Gasteiger partial charge on any atom is 0.254 e. The van der Waals surface area contributed by atoms with Gasteiger partial charge in [0.25, 0.3) is 5.91 Å². The minimum absolute atomic E-state index is 0.0938. The maximum atomic E-state index is 11.5. The number of anilines is 1. The van der Waals surface area contributed by atoms with Crippen LogP contribution in [0.2, 0.25) is 0 Å². The summed E-state index contributed by atoms with van der Waals surface area (Å²) < 4.78 is 1.87. The Morgan fingerprint density at radius 2 is 2.14 bits per heavy atom. The second-order valence-electron chi connectivity index (χ2n) is 5.52. The zero-order valence-electron chi connectivity index (χ0n) is 12.6. The Labute approximate surface area is 129 Å². The number of rotatable bonds is 4. The van der Waals surface area contributed by atoms with Crippen molar-refractivity contribution in [1.29, 1.82) is 0 Å². The molecule has 1 saturated heterocycles. The van der Waals surface area contributed by atoms with Gasteiger partial charge >= 0.3 is 0 Å². The van der Waals surface area contributed by atoms with Crippen LogP contribution in [-0.2, 0) is 6.54 Å². The molecule has 1 N–H and O–H groups in total. The molecule has 0 unspecified atom stereocenters. The van der Waals surface area contributed by atoms with E-state index in [2.05, 4.69) is 25.3 Å². The van der Waals surface area contributed by atoms with Gasteiger partial charge < -0.3 is 10.2 Å². The smallest absolute Gasteiger partial charge is 0.254 e. The average Bonchev–Trinajstić information content (AvgIpc) is 3.04. The lowest BCUT2D eigenvalue weighted by Gasteiger charge is -2.32. The third kappa shape index (κ3) is 3.24. The fourth-order valence-electron chi connectivity index (χ4n) is 2.79. The lowest BCUT2D eigenvalue weighted by Crippen LogP contribution is -2.35. The van der Waals surface area contributed by atoms with Crippen molar-refractivity contribution in [3.8, 4) is 0 Å². The largest absolute Gasteiger partial charge is 0.355 e. The molecule has 7 heteroatoms. The average molecular weight is 300 g/mol. The topological polar surface area (TPSA) is 75.9 Å². The second kappa shape index (κ2) is 6.55. The van der Waals surface area contributed by atoms with E-state index >= 15 is 0 Å². The van der Waals surface area contributed by atoms with Gasteiger partial charge in [-0.1, -0.05) is 0 Å². The first-order chi connectivity index (χ1) is 10.8. The summed E-state index contributed by atoms with van der Waals surface area (Å²) in [6.45, 7) is 2.81. The van der Waals surface area contributed by atoms with Crippen molar-refractivity contribution in [2.45, 2.75) is 19.4 Å². The van der Waals surface area contributed by atoms with Crippen LogP contribution in [0.15, 0.2) is 31.0 Å². The summed E-state index contributed by atoms with van der Waals surface area (Å²) in [4.78, 5) is 22.3. The quantitative estimate of drug-likeness (QED) is 0.910. The molecule has 0 spiro atoms. The molecule has 3 rings (SSSR count). The summed E-state index contributed by atoms with van der Waals surface area (Å²) in [5.41, 5.74) is 0.611. The van der Waals surface area contributed by atoms with Gasteiger partial charge in [0.2, 0.25) is 0 Å². The summed E-state index contributed by atoms with van der Waals surface area (Å²) >= 11 is 0. The minimum atomic E-state index is -0.0938. The van der Waals surface area contributed by atoms with Crippen LogP contribution in [0.25, 0.3) is 0 Å². The normalized spacial score (nSPS) is 15.8. The van der Waals surface area contributed by atoms with Gasteiger partial charge in [0.05, 0.1) is 18.0 Å². The number of carbonyl (C=O) groups excluding carboxylic acids is 1. The summed E-state index contributed by atoms with van der Waals surface area (Å²) in [7, 11) is 1.63. The molecule has 1 aliphatic heterocycles. The highest BCUT2D eigenvalue weighted by Gasteiger charge is 2.21. The van der Waals surface area contributed by atoms with Gasteiger partial charge in [0.15, 0.2) is 0 Å². The lowest BCUT2D eigenvalue weighted by molar-refractivity contribution is 0.0963. The molecular formula is C15H20N6O. The Kier molecular flexibility index (Phi) is 4.32. The van der Waals surface area contributed by atoms with Crippen molar-refractivity contribution < 1.29 is 4.79 Å². The number of amides is 1. The van der Waals surface area contributed by atoms with Gasteiger partial charge in [-0.05, 0) is 18.8 Å². The van der Waals surface area contributed by atoms with Crippen molar-refractivity contribution in [1.82, 2.24) is 25.1 Å². The number of carbonyl (C=O) groups is 1. The van der Waals surface area contributed by atoms with Crippen LogP contribution in [0.5, 0.6) is 0 Å². The molecule has 1 fully saturated rings. The molecule has 2 aromatic heterocycles. The van der Waals surface area contributed by atoms with E-state index in [0.29, 0.717) is 11.5 Å². The summed E-state index contributed by atoms with van der Waals surface area (Å²) in [6, 6.07) is 0. The zero-order valence-corrected chi connectivity index (χ0v) is 12.6. The highest BCUT2D eigenvalue weighted by atomic mass is 16.1. The van der Waals surface area contributed by atoms with E-state index in [0.717, 1.165) is 38.3 Å². The fraction of sp³-hybridized carbons (Fsp3) is 0.467. The van der Waals surface area contributed by atoms with Crippen LogP contribution in [0.3, 0.4) is 0 Å². The Morgan fingerprint density at radius 3 is 2.82 bits per heavy atom. The molecule has 2 aromatic rings. The van der Waals surface area contributed by atoms with Crippen molar-refractivity contribution in [3.63, 3.8) is 0 Å². The van der Waals surface area contributed by atoms with Crippen LogP contribution in [0.1, 0.15) is 23.2 Å². The number of nitrogens with one attached hydrogen (secondary N) is 1. The summed E-state index contributed by atoms with van der Waals surface area (Å²) in [5, 5.41) is 6.89. The van der Waals surface area contributed by atoms with E-state index in [1.807, 2.05) is 17.1 Å². The maximum absolute atomic E-state index is 11.5. The van der Waals surface area contributed by atoms with Gasteiger partial charge in [-0.3, -0.25) is 14.5 Å². The number of hydrogen-bond donors (Lipinski definition) is 1. The second-order valence-corrected chi connectivity index (χ2v) is 5.52. The highest BCUT2D eigenvalue weighted by molar-refractivity contribution is 5.93. The molecule has 1 aliphatic rings. The zero-order chi connectivity index (χ0) is 15.4. The number of aromatic nitrogens is 4. The first-order valence-electron chi connectivity index (χ1n) is 7.52. The van der Waals surface area contributed by atoms with E-state index in [9.17, 15) is 4.79 Å². The Bertz CT molecular complexity index is 618. The Morgan fingerprint density at radius 1 is 1.32 bits per heavy atom. The molecule has 0 radical (unpaired) electrons. The Balaban J connectivity index is 1.54. The van der Waals surface area contributed by atoms with Gasteiger partial charge in [-0.25, -0.2) is 4.98 Å². The van der Waals surface area contributed by atoms with E-state index < -0.39 is 0 Å². The lowest BCUT2D eigenvalue weighted by atomic mass is 9.97. The number of nitrogens with zero attached hydrogens (tertiary/aromatic N) is 5. The third-order valence-electron chi connectivity index (χ3n) is 4.06. The molecule has 7 nitrogen and oxygen atoms in total. The standard InChI is InChI=1S/C15H20N6O/c1-16-15(22)13-8-19-21(11-13)10-12-2-6-20(7-3-12)14-9-17-4-5-18-14/h4-5,8-9,11-12H,2-3,6-7,10H2,1H3,(H,16,22). The van der Waals surface area contributed by atoms with Crippen LogP contribution in [0.4, 0.5) is 5.82 Å². The van der Waals surface area contributed by atoms with E-state index in [4.69, 9.17) is 0 Å². The number of hydrogen-bond acceptors (Lipinski definition) is 5. The van der Waals surface area contributed by atoms with Crippen LogP contribution in [0, 0.1) is 5.92 Å². The molecule has 3 heterocycles. The molecule has 0 atom stereocenters. The van der Waals surface area contributed by atoms with Crippen molar-refractivity contribution in [3.05, 3.63) is 36.5 Å². The predicted octanol–water partition coefficient (Wildman–Crippen LogP) is 0.949. The van der Waals surface area contributed by atoms with Crippen LogP contribution < -0.4 is 10.2 Å². The van der Waals surface area contributed by atoms with Crippen molar-refractivity contribution >= 4 is 11.7 Å². The highest BCUT2D eigenvalue weighted by Crippen LogP contribution is 2.22. The molecule has 0 aliphatic carbocycles. The fourth-order valence-corrected chi connectivity index (χ4v) is 2.79. The number of piperidine rings is 1. The van der Waals surface area contributed by atoms with Crippen molar-refractivity contribution in [2.75, 3.05) is 25.0 Å².